The lowest BCUT2D eigenvalue weighted by Gasteiger charge is -2.14. The van der Waals surface area contributed by atoms with Gasteiger partial charge in [-0.15, -0.1) is 0 Å². The lowest BCUT2D eigenvalue weighted by atomic mass is 10.0. The smallest absolute Gasteiger partial charge is 0.321 e. The highest BCUT2D eigenvalue weighted by Gasteiger charge is 2.20. The fourth-order valence-corrected chi connectivity index (χ4v) is 4.51. The summed E-state index contributed by atoms with van der Waals surface area (Å²) < 4.78 is 2.20. The molecule has 33 heavy (non-hydrogen) atoms. The summed E-state index contributed by atoms with van der Waals surface area (Å²) in [5.74, 6) is -0.856. The van der Waals surface area contributed by atoms with Crippen LogP contribution in [-0.2, 0) is 24.3 Å². The zero-order chi connectivity index (χ0) is 22.8. The molecule has 5 rings (SSSR count). The number of halogens is 1. The summed E-state index contributed by atoms with van der Waals surface area (Å²) in [5.41, 5.74) is 5.36. The molecule has 5 nitrogen and oxygen atoms in total. The maximum Gasteiger partial charge on any atom is 0.321 e. The molecular weight excluding hydrogens is 434 g/mol. The van der Waals surface area contributed by atoms with Crippen LogP contribution in [-0.4, -0.2) is 26.7 Å². The second-order valence-electron chi connectivity index (χ2n) is 8.26. The molecule has 0 spiro atoms. The molecule has 2 heterocycles. The van der Waals surface area contributed by atoms with Crippen molar-refractivity contribution in [2.45, 2.75) is 25.6 Å². The van der Waals surface area contributed by atoms with E-state index in [0.29, 0.717) is 13.0 Å². The Hall–Kier alpha value is -3.54. The van der Waals surface area contributed by atoms with Crippen molar-refractivity contribution in [1.29, 1.82) is 0 Å². The van der Waals surface area contributed by atoms with Gasteiger partial charge >= 0.3 is 5.97 Å². The number of aromatic amines is 1. The third kappa shape index (κ3) is 4.51. The average Bonchev–Trinajstić information content (AvgIpc) is 3.39. The minimum Gasteiger partial charge on any atom is -0.480 e. The largest absolute Gasteiger partial charge is 0.480 e. The van der Waals surface area contributed by atoms with Gasteiger partial charge in [0, 0.05) is 58.7 Å². The van der Waals surface area contributed by atoms with Crippen LogP contribution in [0.4, 0.5) is 0 Å². The summed E-state index contributed by atoms with van der Waals surface area (Å²) >= 11 is 6.03. The lowest BCUT2D eigenvalue weighted by molar-refractivity contribution is -0.139. The Morgan fingerprint density at radius 1 is 0.970 bits per heavy atom. The van der Waals surface area contributed by atoms with Crippen LogP contribution in [0.25, 0.3) is 21.8 Å². The third-order valence-corrected chi connectivity index (χ3v) is 6.33. The molecule has 0 aliphatic heterocycles. The molecule has 3 aromatic carbocycles. The van der Waals surface area contributed by atoms with E-state index >= 15 is 0 Å². The SMILES string of the molecule is O=C(O)[C@@H](Cc1c[nH]c2ccccc12)NCc1cn(Cc2ccc(Cl)cc2)c2ccccc12. The predicted molar refractivity (Wildman–Crippen MR) is 133 cm³/mol. The summed E-state index contributed by atoms with van der Waals surface area (Å²) in [7, 11) is 0. The van der Waals surface area contributed by atoms with Crippen LogP contribution < -0.4 is 5.32 Å². The van der Waals surface area contributed by atoms with Crippen molar-refractivity contribution >= 4 is 39.4 Å². The molecule has 6 heteroatoms. The van der Waals surface area contributed by atoms with Crippen LogP contribution >= 0.6 is 11.6 Å². The topological polar surface area (TPSA) is 70.0 Å². The highest BCUT2D eigenvalue weighted by molar-refractivity contribution is 6.30. The first-order chi connectivity index (χ1) is 16.1. The number of carboxylic acid groups (broad SMARTS) is 1. The van der Waals surface area contributed by atoms with Crippen LogP contribution in [0.2, 0.25) is 5.02 Å². The average molecular weight is 458 g/mol. The molecule has 0 bridgehead atoms. The molecule has 0 amide bonds. The Bertz CT molecular complexity index is 1420. The van der Waals surface area contributed by atoms with Crippen LogP contribution in [0.3, 0.4) is 0 Å². The maximum atomic E-state index is 12.0. The van der Waals surface area contributed by atoms with E-state index in [1.54, 1.807) is 0 Å². The number of hydrogen-bond acceptors (Lipinski definition) is 2. The first kappa shape index (κ1) is 21.3. The van der Waals surface area contributed by atoms with Gasteiger partial charge in [0.05, 0.1) is 0 Å². The van der Waals surface area contributed by atoms with Gasteiger partial charge in [-0.3, -0.25) is 10.1 Å². The van der Waals surface area contributed by atoms with E-state index in [4.69, 9.17) is 11.6 Å². The number of aliphatic carboxylic acids is 1. The Balaban J connectivity index is 1.37. The van der Waals surface area contributed by atoms with Crippen molar-refractivity contribution in [2.75, 3.05) is 0 Å². The van der Waals surface area contributed by atoms with Crippen molar-refractivity contribution in [1.82, 2.24) is 14.9 Å². The summed E-state index contributed by atoms with van der Waals surface area (Å²) in [5, 5.41) is 16.0. The van der Waals surface area contributed by atoms with Crippen molar-refractivity contribution < 1.29 is 9.90 Å². The standard InChI is InChI=1S/C27H24ClN3O2/c28-21-11-9-18(10-12-21)16-31-17-20(23-6-2-4-8-26(23)31)15-30-25(27(32)33)13-19-14-29-24-7-3-1-5-22(19)24/h1-12,14,17,25,29-30H,13,15-16H2,(H,32,33)/t25-/m1/s1. The molecule has 0 unspecified atom stereocenters. The van der Waals surface area contributed by atoms with E-state index in [2.05, 4.69) is 33.2 Å². The number of H-pyrrole nitrogens is 1. The van der Waals surface area contributed by atoms with Crippen LogP contribution in [0.5, 0.6) is 0 Å². The molecule has 1 atom stereocenters. The number of aromatic nitrogens is 2. The molecule has 0 aliphatic carbocycles. The predicted octanol–water partition coefficient (Wildman–Crippen LogP) is 5.61. The minimum absolute atomic E-state index is 0.406. The van der Waals surface area contributed by atoms with Gasteiger partial charge in [0.1, 0.15) is 6.04 Å². The van der Waals surface area contributed by atoms with E-state index in [0.717, 1.165) is 50.1 Å². The number of hydrogen-bond donors (Lipinski definition) is 3. The molecular formula is C27H24ClN3O2. The van der Waals surface area contributed by atoms with Crippen LogP contribution in [0.15, 0.2) is 85.2 Å². The fraction of sp³-hybridized carbons (Fsp3) is 0.148. The quantitative estimate of drug-likeness (QED) is 0.283. The fourth-order valence-electron chi connectivity index (χ4n) is 4.38. The molecule has 0 fully saturated rings. The molecule has 166 valence electrons. The van der Waals surface area contributed by atoms with E-state index in [9.17, 15) is 9.90 Å². The summed E-state index contributed by atoms with van der Waals surface area (Å²) in [6.45, 7) is 1.18. The first-order valence-electron chi connectivity index (χ1n) is 10.9. The highest BCUT2D eigenvalue weighted by Crippen LogP contribution is 2.24. The number of para-hydroxylation sites is 2. The van der Waals surface area contributed by atoms with Crippen LogP contribution in [0.1, 0.15) is 16.7 Å². The Morgan fingerprint density at radius 3 is 2.48 bits per heavy atom. The Morgan fingerprint density at radius 2 is 1.70 bits per heavy atom. The maximum absolute atomic E-state index is 12.0. The highest BCUT2D eigenvalue weighted by atomic mass is 35.5. The van der Waals surface area contributed by atoms with Gasteiger partial charge in [-0.1, -0.05) is 60.1 Å². The van der Waals surface area contributed by atoms with Gasteiger partial charge < -0.3 is 14.7 Å². The van der Waals surface area contributed by atoms with E-state index in [1.807, 2.05) is 66.9 Å². The molecule has 0 radical (unpaired) electrons. The van der Waals surface area contributed by atoms with Gasteiger partial charge in [-0.2, -0.15) is 0 Å². The van der Waals surface area contributed by atoms with E-state index in [1.165, 1.54) is 0 Å². The monoisotopic (exact) mass is 457 g/mol. The first-order valence-corrected chi connectivity index (χ1v) is 11.3. The van der Waals surface area contributed by atoms with Gasteiger partial charge in [-0.05, 0) is 41.0 Å². The molecule has 5 aromatic rings. The van der Waals surface area contributed by atoms with Gasteiger partial charge in [0.2, 0.25) is 0 Å². The number of nitrogens with zero attached hydrogens (tertiary/aromatic N) is 1. The number of fused-ring (bicyclic) bond motifs is 2. The Labute approximate surface area is 196 Å². The van der Waals surface area contributed by atoms with Gasteiger partial charge in [0.15, 0.2) is 0 Å². The van der Waals surface area contributed by atoms with Crippen molar-refractivity contribution in [3.8, 4) is 0 Å². The summed E-state index contributed by atoms with van der Waals surface area (Å²) in [4.78, 5) is 15.3. The number of carboxylic acids is 1. The second kappa shape index (κ2) is 9.14. The zero-order valence-electron chi connectivity index (χ0n) is 18.0. The molecule has 2 aromatic heterocycles. The number of benzene rings is 3. The minimum atomic E-state index is -0.856. The molecule has 0 saturated carbocycles. The molecule has 0 aliphatic rings. The van der Waals surface area contributed by atoms with Gasteiger partial charge in [0.25, 0.3) is 0 Å². The molecule has 3 N–H and O–H groups in total. The van der Waals surface area contributed by atoms with Crippen LogP contribution in [0, 0.1) is 0 Å². The Kier molecular flexibility index (Phi) is 5.90. The normalized spacial score (nSPS) is 12.4. The summed E-state index contributed by atoms with van der Waals surface area (Å²) in [6.07, 6.45) is 4.42. The van der Waals surface area contributed by atoms with Crippen molar-refractivity contribution in [2.24, 2.45) is 0 Å². The van der Waals surface area contributed by atoms with Crippen molar-refractivity contribution in [3.05, 3.63) is 107 Å². The number of carbonyl (C=O) groups is 1. The lowest BCUT2D eigenvalue weighted by Crippen LogP contribution is -2.38. The van der Waals surface area contributed by atoms with Crippen molar-refractivity contribution in [3.63, 3.8) is 0 Å². The third-order valence-electron chi connectivity index (χ3n) is 6.07. The molecule has 0 saturated heterocycles. The van der Waals surface area contributed by atoms with E-state index in [-0.39, 0.29) is 0 Å². The zero-order valence-corrected chi connectivity index (χ0v) is 18.7. The number of rotatable bonds is 8. The van der Waals surface area contributed by atoms with E-state index < -0.39 is 12.0 Å². The summed E-state index contributed by atoms with van der Waals surface area (Å²) in [6, 6.07) is 23.3. The van der Waals surface area contributed by atoms with Gasteiger partial charge in [-0.25, -0.2) is 0 Å². The second-order valence-corrected chi connectivity index (χ2v) is 8.70. The number of nitrogens with one attached hydrogen (secondary N) is 2.